The number of rotatable bonds is 6. The maximum absolute atomic E-state index is 12.4. The predicted octanol–water partition coefficient (Wildman–Crippen LogP) is 1.21. The highest BCUT2D eigenvalue weighted by atomic mass is 16.5. The van der Waals surface area contributed by atoms with Crippen molar-refractivity contribution in [3.63, 3.8) is 0 Å². The third-order valence-electron chi connectivity index (χ3n) is 4.29. The van der Waals surface area contributed by atoms with Crippen LogP contribution in [0, 0.1) is 0 Å². The van der Waals surface area contributed by atoms with Gasteiger partial charge in [-0.15, -0.1) is 0 Å². The number of carbonyl (C=O) groups is 2. The van der Waals surface area contributed by atoms with Crippen molar-refractivity contribution in [3.05, 3.63) is 35.4 Å². The standard InChI is InChI=1S/C18H26N2O4/c1-3-24-12-16-7-5-15(6-8-16)11-19-17(22)18(23)9-4-10-20(13-18)14(2)21/h5-8,23H,3-4,9-13H2,1-2H3,(H,19,22)/t18-/m1/s1. The number of hydrogen-bond donors (Lipinski definition) is 2. The molecule has 2 rings (SSSR count). The van der Waals surface area contributed by atoms with Crippen LogP contribution in [0.2, 0.25) is 0 Å². The van der Waals surface area contributed by atoms with E-state index in [0.29, 0.717) is 39.1 Å². The fraction of sp³-hybridized carbons (Fsp3) is 0.556. The molecule has 0 spiro atoms. The maximum Gasteiger partial charge on any atom is 0.254 e. The number of piperidine rings is 1. The molecule has 1 fully saturated rings. The van der Waals surface area contributed by atoms with Crippen LogP contribution in [-0.4, -0.2) is 47.1 Å². The Bertz CT molecular complexity index is 573. The van der Waals surface area contributed by atoms with Gasteiger partial charge in [0.25, 0.3) is 5.91 Å². The molecule has 132 valence electrons. The van der Waals surface area contributed by atoms with Crippen molar-refractivity contribution >= 4 is 11.8 Å². The Balaban J connectivity index is 1.88. The molecule has 1 aromatic rings. The summed E-state index contributed by atoms with van der Waals surface area (Å²) >= 11 is 0. The Labute approximate surface area is 142 Å². The summed E-state index contributed by atoms with van der Waals surface area (Å²) in [5, 5.41) is 13.3. The van der Waals surface area contributed by atoms with Gasteiger partial charge >= 0.3 is 0 Å². The molecule has 0 bridgehead atoms. The van der Waals surface area contributed by atoms with Gasteiger partial charge in [0.05, 0.1) is 13.2 Å². The van der Waals surface area contributed by atoms with Crippen LogP contribution in [0.15, 0.2) is 24.3 Å². The van der Waals surface area contributed by atoms with Crippen molar-refractivity contribution in [3.8, 4) is 0 Å². The van der Waals surface area contributed by atoms with E-state index in [1.165, 1.54) is 11.8 Å². The Morgan fingerprint density at radius 2 is 1.96 bits per heavy atom. The van der Waals surface area contributed by atoms with Crippen LogP contribution in [-0.2, 0) is 27.5 Å². The molecule has 1 heterocycles. The second kappa shape index (κ2) is 8.26. The summed E-state index contributed by atoms with van der Waals surface area (Å²) in [5.41, 5.74) is 0.528. The first kappa shape index (κ1) is 18.4. The number of ether oxygens (including phenoxy) is 1. The van der Waals surface area contributed by atoms with E-state index in [2.05, 4.69) is 5.32 Å². The summed E-state index contributed by atoms with van der Waals surface area (Å²) in [7, 11) is 0. The number of benzene rings is 1. The van der Waals surface area contributed by atoms with Gasteiger partial charge in [-0.2, -0.15) is 0 Å². The summed E-state index contributed by atoms with van der Waals surface area (Å²) in [6, 6.07) is 7.79. The van der Waals surface area contributed by atoms with E-state index in [9.17, 15) is 14.7 Å². The molecule has 6 heteroatoms. The van der Waals surface area contributed by atoms with Gasteiger partial charge < -0.3 is 20.1 Å². The van der Waals surface area contributed by atoms with Gasteiger partial charge in [0.2, 0.25) is 5.91 Å². The molecular weight excluding hydrogens is 308 g/mol. The number of carbonyl (C=O) groups excluding carboxylic acids is 2. The molecule has 0 radical (unpaired) electrons. The van der Waals surface area contributed by atoms with Gasteiger partial charge in [0.15, 0.2) is 5.60 Å². The van der Waals surface area contributed by atoms with Crippen LogP contribution in [0.1, 0.15) is 37.8 Å². The van der Waals surface area contributed by atoms with Crippen molar-refractivity contribution in [2.45, 2.75) is 45.4 Å². The largest absolute Gasteiger partial charge is 0.378 e. The normalized spacial score (nSPS) is 20.7. The minimum atomic E-state index is -1.50. The fourth-order valence-electron chi connectivity index (χ4n) is 2.81. The minimum absolute atomic E-state index is 0.0570. The van der Waals surface area contributed by atoms with Gasteiger partial charge in [-0.1, -0.05) is 24.3 Å². The Kier molecular flexibility index (Phi) is 6.34. The molecule has 24 heavy (non-hydrogen) atoms. The van der Waals surface area contributed by atoms with Gasteiger partial charge in [-0.3, -0.25) is 9.59 Å². The Hall–Kier alpha value is -1.92. The van der Waals surface area contributed by atoms with Gasteiger partial charge in [0.1, 0.15) is 0 Å². The smallest absolute Gasteiger partial charge is 0.254 e. The number of nitrogens with zero attached hydrogens (tertiary/aromatic N) is 1. The number of hydrogen-bond acceptors (Lipinski definition) is 4. The molecule has 2 N–H and O–H groups in total. The summed E-state index contributed by atoms with van der Waals surface area (Å²) < 4.78 is 5.34. The number of β-amino-alcohol motifs (C(OH)–C–C–N with tert-alkyl or cyclic N) is 1. The highest BCUT2D eigenvalue weighted by molar-refractivity contribution is 5.86. The average Bonchev–Trinajstić information content (AvgIpc) is 2.58. The summed E-state index contributed by atoms with van der Waals surface area (Å²) in [6.07, 6.45) is 0.992. The van der Waals surface area contributed by atoms with Crippen molar-refractivity contribution in [1.82, 2.24) is 10.2 Å². The highest BCUT2D eigenvalue weighted by Crippen LogP contribution is 2.21. The van der Waals surface area contributed by atoms with E-state index in [0.717, 1.165) is 11.1 Å². The van der Waals surface area contributed by atoms with E-state index >= 15 is 0 Å². The molecule has 1 aliphatic heterocycles. The predicted molar refractivity (Wildman–Crippen MR) is 90.1 cm³/mol. The lowest BCUT2D eigenvalue weighted by Crippen LogP contribution is -2.57. The van der Waals surface area contributed by atoms with E-state index in [1.807, 2.05) is 31.2 Å². The zero-order chi connectivity index (χ0) is 17.6. The third-order valence-corrected chi connectivity index (χ3v) is 4.29. The molecule has 1 saturated heterocycles. The fourth-order valence-corrected chi connectivity index (χ4v) is 2.81. The molecule has 2 amide bonds. The summed E-state index contributed by atoms with van der Waals surface area (Å²) in [4.78, 5) is 25.3. The monoisotopic (exact) mass is 334 g/mol. The molecule has 0 aromatic heterocycles. The molecule has 6 nitrogen and oxygen atoms in total. The van der Waals surface area contributed by atoms with Crippen LogP contribution >= 0.6 is 0 Å². The second-order valence-corrected chi connectivity index (χ2v) is 6.21. The van der Waals surface area contributed by atoms with Crippen LogP contribution in [0.25, 0.3) is 0 Å². The molecule has 0 saturated carbocycles. The van der Waals surface area contributed by atoms with Crippen molar-refractivity contribution in [2.24, 2.45) is 0 Å². The van der Waals surface area contributed by atoms with Gasteiger partial charge in [0, 0.05) is 26.6 Å². The Morgan fingerprint density at radius 1 is 1.29 bits per heavy atom. The van der Waals surface area contributed by atoms with E-state index in [-0.39, 0.29) is 12.5 Å². The van der Waals surface area contributed by atoms with E-state index < -0.39 is 11.5 Å². The Morgan fingerprint density at radius 3 is 2.58 bits per heavy atom. The van der Waals surface area contributed by atoms with Crippen molar-refractivity contribution in [2.75, 3.05) is 19.7 Å². The zero-order valence-corrected chi connectivity index (χ0v) is 14.4. The molecule has 1 atom stereocenters. The molecule has 1 aromatic carbocycles. The maximum atomic E-state index is 12.4. The second-order valence-electron chi connectivity index (χ2n) is 6.21. The first-order valence-corrected chi connectivity index (χ1v) is 8.36. The number of likely N-dealkylation sites (tertiary alicyclic amines) is 1. The SMILES string of the molecule is CCOCc1ccc(CNC(=O)[C@@]2(O)CCCN(C(C)=O)C2)cc1. The first-order chi connectivity index (χ1) is 11.4. The van der Waals surface area contributed by atoms with E-state index in [4.69, 9.17) is 4.74 Å². The average molecular weight is 334 g/mol. The quantitative estimate of drug-likeness (QED) is 0.820. The lowest BCUT2D eigenvalue weighted by molar-refractivity contribution is -0.150. The molecule has 1 aliphatic rings. The van der Waals surface area contributed by atoms with Crippen molar-refractivity contribution in [1.29, 1.82) is 0 Å². The minimum Gasteiger partial charge on any atom is -0.378 e. The molecule has 0 aliphatic carbocycles. The topological polar surface area (TPSA) is 78.9 Å². The van der Waals surface area contributed by atoms with Crippen LogP contribution in [0.4, 0.5) is 0 Å². The number of nitrogens with one attached hydrogen (secondary N) is 1. The van der Waals surface area contributed by atoms with Gasteiger partial charge in [-0.05, 0) is 30.9 Å². The van der Waals surface area contributed by atoms with Crippen LogP contribution in [0.3, 0.4) is 0 Å². The lowest BCUT2D eigenvalue weighted by atomic mass is 9.91. The van der Waals surface area contributed by atoms with E-state index in [1.54, 1.807) is 0 Å². The van der Waals surface area contributed by atoms with Gasteiger partial charge in [-0.25, -0.2) is 0 Å². The molecule has 0 unspecified atom stereocenters. The third kappa shape index (κ3) is 4.79. The van der Waals surface area contributed by atoms with Crippen LogP contribution in [0.5, 0.6) is 0 Å². The zero-order valence-electron chi connectivity index (χ0n) is 14.4. The number of amides is 2. The molecular formula is C18H26N2O4. The highest BCUT2D eigenvalue weighted by Gasteiger charge is 2.40. The summed E-state index contributed by atoms with van der Waals surface area (Å²) in [6.45, 7) is 5.64. The lowest BCUT2D eigenvalue weighted by Gasteiger charge is -2.37. The van der Waals surface area contributed by atoms with Crippen LogP contribution < -0.4 is 5.32 Å². The van der Waals surface area contributed by atoms with Crippen molar-refractivity contribution < 1.29 is 19.4 Å². The summed E-state index contributed by atoms with van der Waals surface area (Å²) in [5.74, 6) is -0.544. The number of aliphatic hydroxyl groups is 1. The first-order valence-electron chi connectivity index (χ1n) is 8.36.